The number of alkyl halides is 3. The number of pyridine rings is 1. The summed E-state index contributed by atoms with van der Waals surface area (Å²) in [6.07, 6.45) is -2.34. The zero-order chi connectivity index (χ0) is 12.0. The van der Waals surface area contributed by atoms with E-state index in [1.54, 1.807) is 0 Å². The molecule has 0 unspecified atom stereocenters. The molecule has 0 aliphatic carbocycles. The van der Waals surface area contributed by atoms with Crippen LogP contribution in [0.2, 0.25) is 0 Å². The molecule has 0 aliphatic heterocycles. The van der Waals surface area contributed by atoms with E-state index in [0.29, 0.717) is 12.1 Å². The number of nitrogens with one attached hydrogen (secondary N) is 1. The molecule has 0 spiro atoms. The van der Waals surface area contributed by atoms with Crippen molar-refractivity contribution in [3.05, 3.63) is 29.8 Å². The van der Waals surface area contributed by atoms with Crippen LogP contribution in [0.5, 0.6) is 0 Å². The van der Waals surface area contributed by atoms with E-state index in [2.05, 4.69) is 10.3 Å². The molecule has 0 aromatic carbocycles. The standard InChI is InChI=1S/C10H12F4N2/c11-9-4-8(6-16-7-9)5-15-3-1-2-10(12,13)14/h4,6-7,15H,1-3,5H2. The van der Waals surface area contributed by atoms with E-state index in [1.165, 1.54) is 12.3 Å². The van der Waals surface area contributed by atoms with Gasteiger partial charge in [-0.15, -0.1) is 0 Å². The predicted molar refractivity (Wildman–Crippen MR) is 51.2 cm³/mol. The van der Waals surface area contributed by atoms with Crippen molar-refractivity contribution in [2.45, 2.75) is 25.6 Å². The Morgan fingerprint density at radius 2 is 2.00 bits per heavy atom. The quantitative estimate of drug-likeness (QED) is 0.628. The van der Waals surface area contributed by atoms with E-state index in [4.69, 9.17) is 0 Å². The minimum Gasteiger partial charge on any atom is -0.313 e. The number of hydrogen-bond donors (Lipinski definition) is 1. The molecule has 16 heavy (non-hydrogen) atoms. The fourth-order valence-electron chi connectivity index (χ4n) is 1.20. The van der Waals surface area contributed by atoms with Gasteiger partial charge in [0.25, 0.3) is 0 Å². The Morgan fingerprint density at radius 1 is 1.25 bits per heavy atom. The summed E-state index contributed by atoms with van der Waals surface area (Å²) < 4.78 is 48.0. The molecule has 1 aromatic heterocycles. The molecular weight excluding hydrogens is 224 g/mol. The highest BCUT2D eigenvalue weighted by molar-refractivity contribution is 5.09. The fourth-order valence-corrected chi connectivity index (χ4v) is 1.20. The van der Waals surface area contributed by atoms with Crippen molar-refractivity contribution in [2.75, 3.05) is 6.54 Å². The van der Waals surface area contributed by atoms with E-state index >= 15 is 0 Å². The Bertz CT molecular complexity index is 325. The smallest absolute Gasteiger partial charge is 0.313 e. The van der Waals surface area contributed by atoms with Crippen molar-refractivity contribution in [2.24, 2.45) is 0 Å². The van der Waals surface area contributed by atoms with Gasteiger partial charge in [-0.2, -0.15) is 13.2 Å². The summed E-state index contributed by atoms with van der Waals surface area (Å²) in [5.41, 5.74) is 0.618. The Morgan fingerprint density at radius 3 is 2.62 bits per heavy atom. The van der Waals surface area contributed by atoms with Crippen LogP contribution in [0.3, 0.4) is 0 Å². The summed E-state index contributed by atoms with van der Waals surface area (Å²) in [5, 5.41) is 2.79. The third kappa shape index (κ3) is 5.65. The lowest BCUT2D eigenvalue weighted by molar-refractivity contribution is -0.135. The summed E-state index contributed by atoms with van der Waals surface area (Å²) >= 11 is 0. The summed E-state index contributed by atoms with van der Waals surface area (Å²) in [7, 11) is 0. The summed E-state index contributed by atoms with van der Waals surface area (Å²) in [4.78, 5) is 3.63. The average Bonchev–Trinajstić information content (AvgIpc) is 2.15. The molecule has 0 saturated heterocycles. The summed E-state index contributed by atoms with van der Waals surface area (Å²) in [5.74, 6) is -0.449. The number of hydrogen-bond acceptors (Lipinski definition) is 2. The van der Waals surface area contributed by atoms with E-state index in [1.807, 2.05) is 0 Å². The van der Waals surface area contributed by atoms with Gasteiger partial charge in [0.1, 0.15) is 5.82 Å². The van der Waals surface area contributed by atoms with Gasteiger partial charge in [-0.1, -0.05) is 0 Å². The van der Waals surface area contributed by atoms with E-state index in [-0.39, 0.29) is 13.0 Å². The normalized spacial score (nSPS) is 11.8. The van der Waals surface area contributed by atoms with Crippen LogP contribution in [0.25, 0.3) is 0 Å². The first-order valence-corrected chi connectivity index (χ1v) is 4.84. The zero-order valence-corrected chi connectivity index (χ0v) is 8.52. The van der Waals surface area contributed by atoms with Crippen LogP contribution in [0.1, 0.15) is 18.4 Å². The largest absolute Gasteiger partial charge is 0.389 e. The van der Waals surface area contributed by atoms with Crippen molar-refractivity contribution in [1.29, 1.82) is 0 Å². The lowest BCUT2D eigenvalue weighted by Gasteiger charge is -2.07. The molecule has 90 valence electrons. The van der Waals surface area contributed by atoms with Crippen LogP contribution >= 0.6 is 0 Å². The molecule has 0 bridgehead atoms. The van der Waals surface area contributed by atoms with Crippen LogP contribution < -0.4 is 5.32 Å². The molecule has 0 saturated carbocycles. The van der Waals surface area contributed by atoms with Gasteiger partial charge in [0.05, 0.1) is 6.20 Å². The Hall–Kier alpha value is -1.17. The Balaban J connectivity index is 2.17. The second-order valence-electron chi connectivity index (χ2n) is 3.41. The monoisotopic (exact) mass is 236 g/mol. The minimum absolute atomic E-state index is 0.0201. The average molecular weight is 236 g/mol. The lowest BCUT2D eigenvalue weighted by Crippen LogP contribution is -2.17. The first-order chi connectivity index (χ1) is 7.47. The number of nitrogens with zero attached hydrogens (tertiary/aromatic N) is 1. The summed E-state index contributed by atoms with van der Waals surface area (Å²) in [6.45, 7) is 0.568. The molecule has 0 amide bonds. The van der Waals surface area contributed by atoms with Crippen LogP contribution in [0.4, 0.5) is 17.6 Å². The van der Waals surface area contributed by atoms with Gasteiger partial charge < -0.3 is 5.32 Å². The van der Waals surface area contributed by atoms with Gasteiger partial charge in [-0.25, -0.2) is 4.39 Å². The zero-order valence-electron chi connectivity index (χ0n) is 8.52. The maximum Gasteiger partial charge on any atom is 0.389 e. The second kappa shape index (κ2) is 5.79. The van der Waals surface area contributed by atoms with Crippen molar-refractivity contribution >= 4 is 0 Å². The van der Waals surface area contributed by atoms with Crippen LogP contribution in [0.15, 0.2) is 18.5 Å². The second-order valence-corrected chi connectivity index (χ2v) is 3.41. The fraction of sp³-hybridized carbons (Fsp3) is 0.500. The molecule has 1 aromatic rings. The summed E-state index contributed by atoms with van der Waals surface area (Å²) in [6, 6.07) is 1.30. The molecule has 0 radical (unpaired) electrons. The Kier molecular flexibility index (Phi) is 4.67. The highest BCUT2D eigenvalue weighted by Gasteiger charge is 2.25. The van der Waals surface area contributed by atoms with Gasteiger partial charge >= 0.3 is 6.18 Å². The molecule has 0 atom stereocenters. The topological polar surface area (TPSA) is 24.9 Å². The van der Waals surface area contributed by atoms with Crippen molar-refractivity contribution in [1.82, 2.24) is 10.3 Å². The molecule has 1 N–H and O–H groups in total. The third-order valence-corrected chi connectivity index (χ3v) is 1.90. The Labute approximate surface area is 90.7 Å². The van der Waals surface area contributed by atoms with Gasteiger partial charge in [0, 0.05) is 19.2 Å². The SMILES string of the molecule is Fc1cncc(CNCCCC(F)(F)F)c1. The van der Waals surface area contributed by atoms with Crippen LogP contribution in [-0.4, -0.2) is 17.7 Å². The molecule has 1 heterocycles. The first-order valence-electron chi connectivity index (χ1n) is 4.84. The van der Waals surface area contributed by atoms with Crippen LogP contribution in [-0.2, 0) is 6.54 Å². The minimum atomic E-state index is -4.11. The third-order valence-electron chi connectivity index (χ3n) is 1.90. The first kappa shape index (κ1) is 12.9. The predicted octanol–water partition coefficient (Wildman–Crippen LogP) is 2.65. The number of rotatable bonds is 5. The molecule has 2 nitrogen and oxygen atoms in total. The van der Waals surface area contributed by atoms with Gasteiger partial charge in [0.2, 0.25) is 0 Å². The van der Waals surface area contributed by atoms with Gasteiger partial charge in [-0.3, -0.25) is 4.98 Å². The maximum atomic E-state index is 12.7. The molecular formula is C10H12F4N2. The molecule has 0 fully saturated rings. The molecule has 6 heteroatoms. The van der Waals surface area contributed by atoms with Crippen molar-refractivity contribution in [3.8, 4) is 0 Å². The van der Waals surface area contributed by atoms with Gasteiger partial charge in [-0.05, 0) is 24.6 Å². The van der Waals surface area contributed by atoms with E-state index in [0.717, 1.165) is 6.20 Å². The molecule has 1 rings (SSSR count). The highest BCUT2D eigenvalue weighted by Crippen LogP contribution is 2.20. The van der Waals surface area contributed by atoms with Crippen molar-refractivity contribution < 1.29 is 17.6 Å². The highest BCUT2D eigenvalue weighted by atomic mass is 19.4. The molecule has 0 aliphatic rings. The number of halogens is 4. The maximum absolute atomic E-state index is 12.7. The number of aromatic nitrogens is 1. The van der Waals surface area contributed by atoms with Crippen LogP contribution in [0, 0.1) is 5.82 Å². The van der Waals surface area contributed by atoms with Crippen molar-refractivity contribution in [3.63, 3.8) is 0 Å². The van der Waals surface area contributed by atoms with Gasteiger partial charge in [0.15, 0.2) is 0 Å². The van der Waals surface area contributed by atoms with E-state index < -0.39 is 18.4 Å². The lowest BCUT2D eigenvalue weighted by atomic mass is 10.2. The van der Waals surface area contributed by atoms with E-state index in [9.17, 15) is 17.6 Å².